The lowest BCUT2D eigenvalue weighted by molar-refractivity contribution is -0.139. The van der Waals surface area contributed by atoms with Crippen molar-refractivity contribution in [2.24, 2.45) is 5.73 Å². The minimum atomic E-state index is -1.14. The van der Waals surface area contributed by atoms with Crippen LogP contribution in [0, 0.1) is 0 Å². The molecule has 4 heteroatoms. The first-order chi connectivity index (χ1) is 5.07. The van der Waals surface area contributed by atoms with Crippen molar-refractivity contribution < 1.29 is 14.3 Å². The first-order valence-corrected chi connectivity index (χ1v) is 3.70. The molecule has 0 aliphatic rings. The van der Waals surface area contributed by atoms with Crippen molar-refractivity contribution >= 4 is 5.97 Å². The zero-order chi connectivity index (χ0) is 8.85. The van der Waals surface area contributed by atoms with E-state index in [-0.39, 0.29) is 6.42 Å². The van der Waals surface area contributed by atoms with Gasteiger partial charge in [-0.15, -0.1) is 0 Å². The van der Waals surface area contributed by atoms with E-state index in [4.69, 9.17) is 10.8 Å². The van der Waals surface area contributed by atoms with Crippen LogP contribution in [0.1, 0.15) is 26.2 Å². The quantitative estimate of drug-likeness (QED) is 0.633. The highest BCUT2D eigenvalue weighted by Crippen LogP contribution is 2.07. The second-order valence-electron chi connectivity index (χ2n) is 2.57. The highest BCUT2D eigenvalue weighted by Gasteiger charge is 2.16. The van der Waals surface area contributed by atoms with E-state index >= 15 is 0 Å². The Kier molecular flexibility index (Phi) is 4.77. The Labute approximate surface area is 65.4 Å². The van der Waals surface area contributed by atoms with Crippen molar-refractivity contribution in [3.8, 4) is 0 Å². The maximum Gasteiger partial charge on any atom is 0.320 e. The predicted molar refractivity (Wildman–Crippen MR) is 40.0 cm³/mol. The summed E-state index contributed by atoms with van der Waals surface area (Å²) in [6, 6.07) is -1.06. The molecule has 0 saturated carbocycles. The van der Waals surface area contributed by atoms with Crippen molar-refractivity contribution in [2.75, 3.05) is 0 Å². The third-order valence-corrected chi connectivity index (χ3v) is 1.43. The van der Waals surface area contributed by atoms with Crippen LogP contribution in [0.4, 0.5) is 4.39 Å². The second-order valence-corrected chi connectivity index (χ2v) is 2.57. The van der Waals surface area contributed by atoms with Gasteiger partial charge in [-0.25, -0.2) is 4.39 Å². The number of carboxylic acids is 1. The Hall–Kier alpha value is -0.640. The number of carbonyl (C=O) groups is 1. The minimum absolute atomic E-state index is 0.0802. The Morgan fingerprint density at radius 2 is 2.27 bits per heavy atom. The molecule has 2 atom stereocenters. The predicted octanol–water partition coefficient (Wildman–Crippen LogP) is 0.927. The first-order valence-electron chi connectivity index (χ1n) is 3.70. The number of nitrogens with two attached hydrogens (primary N) is 1. The first kappa shape index (κ1) is 10.4. The normalized spacial score (nSPS) is 15.9. The van der Waals surface area contributed by atoms with E-state index in [9.17, 15) is 9.18 Å². The van der Waals surface area contributed by atoms with Crippen LogP contribution in [0.25, 0.3) is 0 Å². The van der Waals surface area contributed by atoms with Gasteiger partial charge in [-0.2, -0.15) is 0 Å². The van der Waals surface area contributed by atoms with E-state index < -0.39 is 18.2 Å². The van der Waals surface area contributed by atoms with Crippen LogP contribution < -0.4 is 5.73 Å². The molecule has 0 aromatic heterocycles. The number of aliphatic carboxylic acids is 1. The standard InChI is InChI=1S/C7H14FNO2/c1-2-3-5(8)4-6(9)7(10)11/h5-6H,2-4,9H2,1H3,(H,10,11). The molecule has 0 fully saturated rings. The molecule has 0 aliphatic carbocycles. The number of hydrogen-bond acceptors (Lipinski definition) is 2. The lowest BCUT2D eigenvalue weighted by atomic mass is 10.1. The van der Waals surface area contributed by atoms with Crippen LogP contribution >= 0.6 is 0 Å². The third kappa shape index (κ3) is 4.72. The molecule has 0 aromatic carbocycles. The Bertz CT molecular complexity index is 130. The van der Waals surface area contributed by atoms with Crippen LogP contribution in [0.15, 0.2) is 0 Å². The van der Waals surface area contributed by atoms with Gasteiger partial charge in [0.1, 0.15) is 12.2 Å². The molecule has 3 nitrogen and oxygen atoms in total. The molecular weight excluding hydrogens is 149 g/mol. The monoisotopic (exact) mass is 163 g/mol. The molecule has 3 N–H and O–H groups in total. The maximum atomic E-state index is 12.7. The van der Waals surface area contributed by atoms with Gasteiger partial charge in [0.25, 0.3) is 0 Å². The lowest BCUT2D eigenvalue weighted by Crippen LogP contribution is -2.32. The number of alkyl halides is 1. The lowest BCUT2D eigenvalue weighted by Gasteiger charge is -2.09. The fraction of sp³-hybridized carbons (Fsp3) is 0.857. The maximum absolute atomic E-state index is 12.7. The van der Waals surface area contributed by atoms with Gasteiger partial charge in [-0.3, -0.25) is 4.79 Å². The number of halogens is 1. The van der Waals surface area contributed by atoms with Crippen molar-refractivity contribution in [3.05, 3.63) is 0 Å². The molecular formula is C7H14FNO2. The summed E-state index contributed by atoms with van der Waals surface area (Å²) in [6.07, 6.45) is -0.0522. The number of carboxylic acid groups (broad SMARTS) is 1. The molecule has 0 bridgehead atoms. The van der Waals surface area contributed by atoms with Gasteiger partial charge in [0.2, 0.25) is 0 Å². The van der Waals surface area contributed by atoms with Crippen LogP contribution in [0.3, 0.4) is 0 Å². The second kappa shape index (κ2) is 5.07. The molecule has 0 rings (SSSR count). The summed E-state index contributed by atoms with van der Waals surface area (Å²) in [6.45, 7) is 1.85. The van der Waals surface area contributed by atoms with Crippen LogP contribution in [0.2, 0.25) is 0 Å². The molecule has 0 aromatic rings. The Balaban J connectivity index is 3.56. The van der Waals surface area contributed by atoms with E-state index in [1.807, 2.05) is 6.92 Å². The summed E-state index contributed by atoms with van der Waals surface area (Å²) in [5.74, 6) is -1.14. The largest absolute Gasteiger partial charge is 0.480 e. The highest BCUT2D eigenvalue weighted by atomic mass is 19.1. The van der Waals surface area contributed by atoms with Gasteiger partial charge < -0.3 is 10.8 Å². The molecule has 66 valence electrons. The van der Waals surface area contributed by atoms with Crippen molar-refractivity contribution in [3.63, 3.8) is 0 Å². The summed E-state index contributed by atoms with van der Waals surface area (Å²) in [7, 11) is 0. The molecule has 0 saturated heterocycles. The average Bonchev–Trinajstić information content (AvgIpc) is 1.87. The summed E-state index contributed by atoms with van der Waals surface area (Å²) in [4.78, 5) is 10.1. The topological polar surface area (TPSA) is 63.3 Å². The van der Waals surface area contributed by atoms with Gasteiger partial charge in [0.15, 0.2) is 0 Å². The third-order valence-electron chi connectivity index (χ3n) is 1.43. The molecule has 0 amide bonds. The fourth-order valence-electron chi connectivity index (χ4n) is 0.807. The van der Waals surface area contributed by atoms with Gasteiger partial charge in [0.05, 0.1) is 0 Å². The fourth-order valence-corrected chi connectivity index (χ4v) is 0.807. The highest BCUT2D eigenvalue weighted by molar-refractivity contribution is 5.73. The average molecular weight is 163 g/mol. The van der Waals surface area contributed by atoms with Crippen molar-refractivity contribution in [1.82, 2.24) is 0 Å². The molecule has 2 unspecified atom stereocenters. The van der Waals surface area contributed by atoms with Crippen molar-refractivity contribution in [1.29, 1.82) is 0 Å². The Morgan fingerprint density at radius 1 is 1.73 bits per heavy atom. The van der Waals surface area contributed by atoms with Crippen LogP contribution in [0.5, 0.6) is 0 Å². The van der Waals surface area contributed by atoms with E-state index in [1.165, 1.54) is 0 Å². The zero-order valence-electron chi connectivity index (χ0n) is 6.59. The van der Waals surface area contributed by atoms with E-state index in [1.54, 1.807) is 0 Å². The van der Waals surface area contributed by atoms with Crippen LogP contribution in [-0.4, -0.2) is 23.3 Å². The summed E-state index contributed by atoms with van der Waals surface area (Å²) >= 11 is 0. The number of hydrogen-bond donors (Lipinski definition) is 2. The zero-order valence-corrected chi connectivity index (χ0v) is 6.59. The molecule has 0 radical (unpaired) electrons. The van der Waals surface area contributed by atoms with E-state index in [0.717, 1.165) is 0 Å². The summed E-state index contributed by atoms with van der Waals surface area (Å²) in [5.41, 5.74) is 5.11. The van der Waals surface area contributed by atoms with Gasteiger partial charge >= 0.3 is 5.97 Å². The van der Waals surface area contributed by atoms with Gasteiger partial charge in [-0.1, -0.05) is 13.3 Å². The summed E-state index contributed by atoms with van der Waals surface area (Å²) in [5, 5.41) is 8.31. The smallest absolute Gasteiger partial charge is 0.320 e. The Morgan fingerprint density at radius 3 is 2.64 bits per heavy atom. The SMILES string of the molecule is CCCC(F)CC(N)C(=O)O. The van der Waals surface area contributed by atoms with Crippen molar-refractivity contribution in [2.45, 2.75) is 38.4 Å². The molecule has 0 heterocycles. The van der Waals surface area contributed by atoms with E-state index in [2.05, 4.69) is 0 Å². The molecule has 11 heavy (non-hydrogen) atoms. The van der Waals surface area contributed by atoms with Gasteiger partial charge in [0, 0.05) is 6.42 Å². The van der Waals surface area contributed by atoms with E-state index in [0.29, 0.717) is 12.8 Å². The van der Waals surface area contributed by atoms with Crippen LogP contribution in [-0.2, 0) is 4.79 Å². The number of rotatable bonds is 5. The molecule has 0 aliphatic heterocycles. The van der Waals surface area contributed by atoms with Gasteiger partial charge in [-0.05, 0) is 6.42 Å². The molecule has 0 spiro atoms. The minimum Gasteiger partial charge on any atom is -0.480 e. The summed E-state index contributed by atoms with van der Waals surface area (Å²) < 4.78 is 12.7.